The fourth-order valence-corrected chi connectivity index (χ4v) is 3.55. The number of hydrogen-bond donors (Lipinski definition) is 2. The van der Waals surface area contributed by atoms with Crippen LogP contribution in [0, 0.1) is 5.92 Å². The number of nitrogens with one attached hydrogen (secondary N) is 2. The minimum absolute atomic E-state index is 0.113. The Bertz CT molecular complexity index is 691. The van der Waals surface area contributed by atoms with Crippen LogP contribution in [0.25, 0.3) is 0 Å². The van der Waals surface area contributed by atoms with Gasteiger partial charge in [0.05, 0.1) is 11.5 Å². The van der Waals surface area contributed by atoms with E-state index in [1.165, 1.54) is 12.1 Å². The third-order valence-electron chi connectivity index (χ3n) is 3.50. The summed E-state index contributed by atoms with van der Waals surface area (Å²) in [4.78, 5) is 12.2. The number of ether oxygens (including phenoxy) is 1. The van der Waals surface area contributed by atoms with Gasteiger partial charge in [-0.25, -0.2) is 13.1 Å². The third kappa shape index (κ3) is 5.89. The second-order valence-corrected chi connectivity index (χ2v) is 8.97. The van der Waals surface area contributed by atoms with E-state index in [0.29, 0.717) is 18.2 Å². The number of carbonyl (C=O) groups excluding carboxylic acids is 1. The van der Waals surface area contributed by atoms with Crippen LogP contribution >= 0.6 is 0 Å². The Balaban J connectivity index is 2.02. The fraction of sp³-hybridized carbons (Fsp3) is 0.588. The number of amides is 1. The average molecular weight is 354 g/mol. The minimum Gasteiger partial charge on any atom is -0.368 e. The van der Waals surface area contributed by atoms with Crippen LogP contribution in [0.1, 0.15) is 40.5 Å². The van der Waals surface area contributed by atoms with Crippen LogP contribution in [0.15, 0.2) is 29.2 Å². The molecule has 0 saturated heterocycles. The first kappa shape index (κ1) is 18.9. The van der Waals surface area contributed by atoms with Crippen molar-refractivity contribution in [2.75, 3.05) is 11.9 Å². The Labute approximate surface area is 144 Å². The lowest BCUT2D eigenvalue weighted by atomic mass is 10.1. The summed E-state index contributed by atoms with van der Waals surface area (Å²) in [5.41, 5.74) is -0.151. The average Bonchev–Trinajstić information content (AvgIpc) is 3.26. The Morgan fingerprint density at radius 1 is 1.33 bits per heavy atom. The standard InChI is InChI=1S/C17H26N2O4S/c1-12(23-11-13-8-9-13)16(20)18-14-6-5-7-15(10-14)24(21,22)19-17(2,3)4/h5-7,10,12-13,19H,8-9,11H2,1-4H3,(H,18,20). The molecular formula is C17H26N2O4S. The van der Waals surface area contributed by atoms with Gasteiger partial charge < -0.3 is 10.1 Å². The van der Waals surface area contributed by atoms with Crippen LogP contribution in [0.5, 0.6) is 0 Å². The summed E-state index contributed by atoms with van der Waals surface area (Å²) < 4.78 is 32.8. The van der Waals surface area contributed by atoms with E-state index in [1.807, 2.05) is 0 Å². The maximum absolute atomic E-state index is 12.4. The molecule has 1 aromatic carbocycles. The molecule has 0 aromatic heterocycles. The summed E-state index contributed by atoms with van der Waals surface area (Å²) in [6, 6.07) is 6.19. The van der Waals surface area contributed by atoms with Gasteiger partial charge in [0.1, 0.15) is 6.10 Å². The van der Waals surface area contributed by atoms with Gasteiger partial charge in [0.2, 0.25) is 10.0 Å². The maximum atomic E-state index is 12.4. The van der Waals surface area contributed by atoms with E-state index < -0.39 is 21.7 Å². The fourth-order valence-electron chi connectivity index (χ4n) is 2.09. The van der Waals surface area contributed by atoms with Gasteiger partial charge in [0.15, 0.2) is 0 Å². The summed E-state index contributed by atoms with van der Waals surface area (Å²) in [6.07, 6.45) is 1.75. The summed E-state index contributed by atoms with van der Waals surface area (Å²) in [6.45, 7) is 7.61. The van der Waals surface area contributed by atoms with Gasteiger partial charge in [0, 0.05) is 11.2 Å². The molecule has 0 aliphatic heterocycles. The minimum atomic E-state index is -3.64. The van der Waals surface area contributed by atoms with Crippen molar-refractivity contribution in [3.05, 3.63) is 24.3 Å². The monoisotopic (exact) mass is 354 g/mol. The zero-order valence-corrected chi connectivity index (χ0v) is 15.4. The Kier molecular flexibility index (Phi) is 5.67. The molecule has 1 fully saturated rings. The molecule has 1 atom stereocenters. The van der Waals surface area contributed by atoms with Crippen molar-refractivity contribution in [3.8, 4) is 0 Å². The SMILES string of the molecule is CC(OCC1CC1)C(=O)Nc1cccc(S(=O)(=O)NC(C)(C)C)c1. The van der Waals surface area contributed by atoms with Crippen LogP contribution in [0.4, 0.5) is 5.69 Å². The molecule has 0 spiro atoms. The highest BCUT2D eigenvalue weighted by molar-refractivity contribution is 7.89. The Morgan fingerprint density at radius 3 is 2.58 bits per heavy atom. The zero-order valence-electron chi connectivity index (χ0n) is 14.6. The first-order valence-electron chi connectivity index (χ1n) is 8.13. The lowest BCUT2D eigenvalue weighted by Gasteiger charge is -2.20. The molecule has 7 heteroatoms. The number of sulfonamides is 1. The number of carbonyl (C=O) groups is 1. The molecule has 1 saturated carbocycles. The Morgan fingerprint density at radius 2 is 2.00 bits per heavy atom. The second-order valence-electron chi connectivity index (χ2n) is 7.29. The molecular weight excluding hydrogens is 328 g/mol. The predicted octanol–water partition coefficient (Wildman–Crippen LogP) is 2.52. The van der Waals surface area contributed by atoms with E-state index in [2.05, 4.69) is 10.0 Å². The van der Waals surface area contributed by atoms with E-state index in [4.69, 9.17) is 4.74 Å². The zero-order chi connectivity index (χ0) is 18.0. The quantitative estimate of drug-likeness (QED) is 0.788. The lowest BCUT2D eigenvalue weighted by Crippen LogP contribution is -2.40. The molecule has 1 amide bonds. The van der Waals surface area contributed by atoms with Crippen LogP contribution in [0.3, 0.4) is 0 Å². The van der Waals surface area contributed by atoms with Crippen molar-refractivity contribution >= 4 is 21.6 Å². The molecule has 0 bridgehead atoms. The third-order valence-corrected chi connectivity index (χ3v) is 5.26. The highest BCUT2D eigenvalue weighted by atomic mass is 32.2. The largest absolute Gasteiger partial charge is 0.368 e. The van der Waals surface area contributed by atoms with Gasteiger partial charge in [-0.15, -0.1) is 0 Å². The van der Waals surface area contributed by atoms with E-state index in [9.17, 15) is 13.2 Å². The van der Waals surface area contributed by atoms with Crippen LogP contribution in [-0.4, -0.2) is 32.6 Å². The van der Waals surface area contributed by atoms with E-state index in [0.717, 1.165) is 12.8 Å². The van der Waals surface area contributed by atoms with Crippen LogP contribution < -0.4 is 10.0 Å². The molecule has 6 nitrogen and oxygen atoms in total. The molecule has 24 heavy (non-hydrogen) atoms. The number of anilines is 1. The van der Waals surface area contributed by atoms with Gasteiger partial charge in [-0.2, -0.15) is 0 Å². The van der Waals surface area contributed by atoms with Crippen molar-refractivity contribution < 1.29 is 17.9 Å². The van der Waals surface area contributed by atoms with Crippen molar-refractivity contribution in [1.29, 1.82) is 0 Å². The molecule has 2 N–H and O–H groups in total. The summed E-state index contributed by atoms with van der Waals surface area (Å²) in [5, 5.41) is 2.70. The van der Waals surface area contributed by atoms with Crippen molar-refractivity contribution in [2.45, 2.75) is 57.1 Å². The van der Waals surface area contributed by atoms with Crippen LogP contribution in [0.2, 0.25) is 0 Å². The Hall–Kier alpha value is -1.44. The molecule has 1 aliphatic rings. The maximum Gasteiger partial charge on any atom is 0.253 e. The second kappa shape index (κ2) is 7.21. The van der Waals surface area contributed by atoms with Gasteiger partial charge in [-0.05, 0) is 64.7 Å². The molecule has 0 radical (unpaired) electrons. The number of rotatable bonds is 7. The first-order valence-corrected chi connectivity index (χ1v) is 9.62. The molecule has 0 heterocycles. The molecule has 134 valence electrons. The van der Waals surface area contributed by atoms with E-state index >= 15 is 0 Å². The number of benzene rings is 1. The molecule has 1 unspecified atom stereocenters. The van der Waals surface area contributed by atoms with E-state index in [1.54, 1.807) is 39.8 Å². The van der Waals surface area contributed by atoms with Gasteiger partial charge >= 0.3 is 0 Å². The summed E-state index contributed by atoms with van der Waals surface area (Å²) in [5.74, 6) is 0.297. The van der Waals surface area contributed by atoms with Gasteiger partial charge in [0.25, 0.3) is 5.91 Å². The van der Waals surface area contributed by atoms with Crippen molar-refractivity contribution in [2.24, 2.45) is 5.92 Å². The van der Waals surface area contributed by atoms with Crippen molar-refractivity contribution in [1.82, 2.24) is 4.72 Å². The summed E-state index contributed by atoms with van der Waals surface area (Å²) in [7, 11) is -3.64. The van der Waals surface area contributed by atoms with Gasteiger partial charge in [-0.1, -0.05) is 6.07 Å². The van der Waals surface area contributed by atoms with E-state index in [-0.39, 0.29) is 10.8 Å². The normalized spacial score (nSPS) is 16.7. The predicted molar refractivity (Wildman–Crippen MR) is 93.3 cm³/mol. The smallest absolute Gasteiger partial charge is 0.253 e. The molecule has 2 rings (SSSR count). The first-order chi connectivity index (χ1) is 11.1. The topological polar surface area (TPSA) is 84.5 Å². The highest BCUT2D eigenvalue weighted by Crippen LogP contribution is 2.29. The van der Waals surface area contributed by atoms with Crippen LogP contribution in [-0.2, 0) is 19.6 Å². The lowest BCUT2D eigenvalue weighted by molar-refractivity contribution is -0.126. The number of hydrogen-bond acceptors (Lipinski definition) is 4. The highest BCUT2D eigenvalue weighted by Gasteiger charge is 2.25. The van der Waals surface area contributed by atoms with Gasteiger partial charge in [-0.3, -0.25) is 4.79 Å². The van der Waals surface area contributed by atoms with Crippen molar-refractivity contribution in [3.63, 3.8) is 0 Å². The molecule has 1 aromatic rings. The summed E-state index contributed by atoms with van der Waals surface area (Å²) >= 11 is 0. The molecule has 1 aliphatic carbocycles.